The van der Waals surface area contributed by atoms with Crippen LogP contribution in [0.4, 0.5) is 0 Å². The average molecular weight is 1260 g/mol. The molecule has 2 rings (SSSR count). The molecule has 12 atom stereocenters. The maximum Gasteiger partial charge on any atom is 0.220 e. The number of aliphatic hydroxyl groups is 8. The van der Waals surface area contributed by atoms with Gasteiger partial charge in [0.2, 0.25) is 5.91 Å². The van der Waals surface area contributed by atoms with E-state index in [9.17, 15) is 45.6 Å². The molecule has 0 aliphatic carbocycles. The third-order valence-corrected chi connectivity index (χ3v) is 17.9. The lowest BCUT2D eigenvalue weighted by atomic mass is 9.97. The molecule has 2 heterocycles. The van der Waals surface area contributed by atoms with E-state index in [0.29, 0.717) is 12.8 Å². The Hall–Kier alpha value is -2.31. The molecule has 2 aliphatic heterocycles. The molecule has 0 bridgehead atoms. The van der Waals surface area contributed by atoms with Crippen LogP contribution in [0.2, 0.25) is 0 Å². The van der Waals surface area contributed by atoms with Gasteiger partial charge in [-0.25, -0.2) is 0 Å². The fourth-order valence-corrected chi connectivity index (χ4v) is 12.0. The SMILES string of the molecule is CCCCCCC/C=C\C/C=C\CCCCCCCCCCCCCCCCCCCC(=O)NC(COC1OC(CO)C(OC2OC(CO)C(O)C(O)C2O)C(O)C1O)C(O)/C=C/CC/C=C/CC/C=C/CCCCCCCCCCCCCCCCCC. The van der Waals surface area contributed by atoms with Gasteiger partial charge in [-0.15, -0.1) is 0 Å². The number of hydrogen-bond donors (Lipinski definition) is 9. The molecule has 0 saturated carbocycles. The summed E-state index contributed by atoms with van der Waals surface area (Å²) in [6, 6.07) is -0.941. The van der Waals surface area contributed by atoms with Gasteiger partial charge in [0.25, 0.3) is 0 Å². The van der Waals surface area contributed by atoms with Crippen molar-refractivity contribution in [2.75, 3.05) is 19.8 Å². The molecule has 2 aliphatic rings. The molecule has 9 N–H and O–H groups in total. The number of carbonyl (C=O) groups excluding carboxylic acids is 1. The van der Waals surface area contributed by atoms with Crippen molar-refractivity contribution in [3.8, 4) is 0 Å². The van der Waals surface area contributed by atoms with Gasteiger partial charge in [-0.3, -0.25) is 4.79 Å². The topological polar surface area (TPSA) is 228 Å². The number of nitrogens with one attached hydrogen (secondary N) is 1. The van der Waals surface area contributed by atoms with E-state index in [1.54, 1.807) is 6.08 Å². The Morgan fingerprint density at radius 3 is 1.17 bits per heavy atom. The Balaban J connectivity index is 1.68. The summed E-state index contributed by atoms with van der Waals surface area (Å²) in [5, 5.41) is 87.5. The molecule has 0 aromatic rings. The lowest BCUT2D eigenvalue weighted by Gasteiger charge is -2.46. The fourth-order valence-electron chi connectivity index (χ4n) is 12.0. The van der Waals surface area contributed by atoms with Gasteiger partial charge in [0.05, 0.1) is 32.0 Å². The summed E-state index contributed by atoms with van der Waals surface area (Å²) in [5.74, 6) is -0.250. The first-order chi connectivity index (χ1) is 43.6. The van der Waals surface area contributed by atoms with Crippen molar-refractivity contribution in [1.29, 1.82) is 0 Å². The molecule has 12 unspecified atom stereocenters. The van der Waals surface area contributed by atoms with Gasteiger partial charge in [-0.1, -0.05) is 293 Å². The van der Waals surface area contributed by atoms with Gasteiger partial charge in [-0.05, 0) is 77.0 Å². The molecule has 14 nitrogen and oxygen atoms in total. The highest BCUT2D eigenvalue weighted by Crippen LogP contribution is 2.30. The average Bonchev–Trinajstić information content (AvgIpc) is 2.51. The third kappa shape index (κ3) is 43.3. The number of unbranched alkanes of at least 4 members (excludes halogenated alkanes) is 40. The van der Waals surface area contributed by atoms with Crippen LogP contribution >= 0.6 is 0 Å². The summed E-state index contributed by atoms with van der Waals surface area (Å²) >= 11 is 0. The molecule has 2 saturated heterocycles. The Kier molecular flexibility index (Phi) is 55.3. The van der Waals surface area contributed by atoms with Crippen LogP contribution in [0.25, 0.3) is 0 Å². The van der Waals surface area contributed by atoms with E-state index < -0.39 is 86.8 Å². The van der Waals surface area contributed by atoms with Crippen LogP contribution in [0.3, 0.4) is 0 Å². The molecule has 1 amide bonds. The molecule has 0 spiro atoms. The van der Waals surface area contributed by atoms with Crippen LogP contribution in [0.5, 0.6) is 0 Å². The lowest BCUT2D eigenvalue weighted by molar-refractivity contribution is -0.359. The van der Waals surface area contributed by atoms with Crippen molar-refractivity contribution in [1.82, 2.24) is 5.32 Å². The van der Waals surface area contributed by atoms with E-state index in [-0.39, 0.29) is 18.9 Å². The maximum absolute atomic E-state index is 13.3. The zero-order valence-electron chi connectivity index (χ0n) is 56.7. The second-order valence-electron chi connectivity index (χ2n) is 26.1. The minimum atomic E-state index is -1.79. The van der Waals surface area contributed by atoms with Crippen molar-refractivity contribution in [2.45, 2.75) is 389 Å². The molecule has 89 heavy (non-hydrogen) atoms. The third-order valence-electron chi connectivity index (χ3n) is 17.9. The van der Waals surface area contributed by atoms with Crippen LogP contribution < -0.4 is 5.32 Å². The van der Waals surface area contributed by atoms with Gasteiger partial charge < -0.3 is 65.1 Å². The number of allylic oxidation sites excluding steroid dienone is 9. The molecule has 0 aromatic heterocycles. The molecule has 0 aromatic carbocycles. The summed E-state index contributed by atoms with van der Waals surface area (Å²) in [7, 11) is 0. The van der Waals surface area contributed by atoms with Gasteiger partial charge >= 0.3 is 0 Å². The van der Waals surface area contributed by atoms with Gasteiger partial charge in [0.1, 0.15) is 48.8 Å². The van der Waals surface area contributed by atoms with Gasteiger partial charge in [-0.2, -0.15) is 0 Å². The molecule has 2 fully saturated rings. The minimum absolute atomic E-state index is 0.250. The van der Waals surface area contributed by atoms with E-state index in [4.69, 9.17) is 18.9 Å². The zero-order chi connectivity index (χ0) is 64.5. The largest absolute Gasteiger partial charge is 0.394 e. The Labute approximate surface area is 543 Å². The maximum atomic E-state index is 13.3. The van der Waals surface area contributed by atoms with Crippen LogP contribution in [0.15, 0.2) is 60.8 Å². The van der Waals surface area contributed by atoms with E-state index in [1.165, 1.54) is 231 Å². The van der Waals surface area contributed by atoms with Crippen LogP contribution in [-0.4, -0.2) is 140 Å². The Bertz CT molecular complexity index is 1720. The summed E-state index contributed by atoms with van der Waals surface area (Å²) in [5.41, 5.74) is 0. The highest BCUT2D eigenvalue weighted by Gasteiger charge is 2.51. The smallest absolute Gasteiger partial charge is 0.220 e. The first kappa shape index (κ1) is 82.8. The minimum Gasteiger partial charge on any atom is -0.394 e. The van der Waals surface area contributed by atoms with Crippen molar-refractivity contribution >= 4 is 5.91 Å². The number of amides is 1. The van der Waals surface area contributed by atoms with Crippen LogP contribution in [0, 0.1) is 0 Å². The molecule has 14 heteroatoms. The summed E-state index contributed by atoms with van der Waals surface area (Å²) in [4.78, 5) is 13.3. The van der Waals surface area contributed by atoms with Gasteiger partial charge in [0.15, 0.2) is 12.6 Å². The first-order valence-corrected chi connectivity index (χ1v) is 37.0. The Morgan fingerprint density at radius 1 is 0.404 bits per heavy atom. The molecule has 0 radical (unpaired) electrons. The normalized spacial score (nSPS) is 23.3. The van der Waals surface area contributed by atoms with E-state index in [1.807, 2.05) is 6.08 Å². The summed E-state index contributed by atoms with van der Waals surface area (Å²) < 4.78 is 22.9. The number of ether oxygens (including phenoxy) is 4. The predicted molar refractivity (Wildman–Crippen MR) is 364 cm³/mol. The number of hydrogen-bond acceptors (Lipinski definition) is 13. The second-order valence-corrected chi connectivity index (χ2v) is 26.1. The summed E-state index contributed by atoms with van der Waals surface area (Å²) in [6.45, 7) is 2.81. The molecular weight excluding hydrogens is 1120 g/mol. The van der Waals surface area contributed by atoms with Crippen molar-refractivity contribution < 1.29 is 64.6 Å². The quantitative estimate of drug-likeness (QED) is 0.0204. The van der Waals surface area contributed by atoms with Crippen LogP contribution in [0.1, 0.15) is 316 Å². The Morgan fingerprint density at radius 2 is 0.753 bits per heavy atom. The highest BCUT2D eigenvalue weighted by atomic mass is 16.7. The van der Waals surface area contributed by atoms with E-state index >= 15 is 0 Å². The zero-order valence-corrected chi connectivity index (χ0v) is 56.7. The van der Waals surface area contributed by atoms with Crippen molar-refractivity contribution in [3.63, 3.8) is 0 Å². The number of carbonyl (C=O) groups is 1. The van der Waals surface area contributed by atoms with Gasteiger partial charge in [0, 0.05) is 6.42 Å². The van der Waals surface area contributed by atoms with Crippen molar-refractivity contribution in [3.05, 3.63) is 60.8 Å². The van der Waals surface area contributed by atoms with Crippen molar-refractivity contribution in [2.24, 2.45) is 0 Å². The fraction of sp³-hybridized carbons (Fsp3) is 0.853. The molecular formula is C75H137NO13. The number of aliphatic hydroxyl groups excluding tert-OH is 8. The first-order valence-electron chi connectivity index (χ1n) is 37.0. The van der Waals surface area contributed by atoms with E-state index in [2.05, 4.69) is 67.8 Å². The standard InChI is InChI=1S/C75H137NO13/c1-3-5-7-9-11-13-15-17-19-21-23-25-27-29-31-32-33-35-37-39-41-43-45-47-49-51-53-55-57-59-67(80)76-63(62-86-74-72(85)70(83)73(66(61-78)88-74)89-75-71(84)69(82)68(81)65(60-77)87-75)64(79)58-56-54-52-50-48-46-44-42-40-38-36-34-30-28-26-24-22-20-18-16-14-12-10-8-6-4-2/h15,17,21,23,40,42,48,50,56,58,63-66,68-75,77-79,81-85H,3-14,16,18-20,22,24-39,41,43-47,49,51-55,57,59-62H2,1-2H3,(H,76,80)/b17-15-,23-21-,42-40+,50-48+,58-56+. The monoisotopic (exact) mass is 1260 g/mol. The molecule has 520 valence electrons. The summed E-state index contributed by atoms with van der Waals surface area (Å²) in [6.07, 6.45) is 62.9. The van der Waals surface area contributed by atoms with E-state index in [0.717, 1.165) is 51.4 Å². The lowest BCUT2D eigenvalue weighted by Crippen LogP contribution is -2.65. The highest BCUT2D eigenvalue weighted by molar-refractivity contribution is 5.76. The van der Waals surface area contributed by atoms with Crippen LogP contribution in [-0.2, 0) is 23.7 Å². The number of rotatable bonds is 61. The second kappa shape index (κ2) is 59.4. The predicted octanol–water partition coefficient (Wildman–Crippen LogP) is 15.6.